The number of alkyl halides is 3. The number of carbonyl (C=O) groups is 1. The van der Waals surface area contributed by atoms with Gasteiger partial charge in [-0.25, -0.2) is 0 Å². The number of carbonyl (C=O) groups excluding carboxylic acids is 1. The smallest absolute Gasteiger partial charge is 0.347 e. The second kappa shape index (κ2) is 8.20. The van der Waals surface area contributed by atoms with Crippen molar-refractivity contribution in [1.29, 1.82) is 0 Å². The van der Waals surface area contributed by atoms with Crippen LogP contribution in [0.5, 0.6) is 0 Å². The van der Waals surface area contributed by atoms with Crippen LogP contribution >= 0.6 is 0 Å². The Bertz CT molecular complexity index is 430. The van der Waals surface area contributed by atoms with Gasteiger partial charge in [-0.2, -0.15) is 13.2 Å². The van der Waals surface area contributed by atoms with E-state index in [1.165, 1.54) is 6.42 Å². The van der Waals surface area contributed by atoms with Crippen LogP contribution in [0.2, 0.25) is 0 Å². The fraction of sp³-hybridized carbons (Fsp3) is 0.833. The molecule has 1 saturated carbocycles. The molecule has 2 aliphatic rings. The molecule has 3 unspecified atom stereocenters. The van der Waals surface area contributed by atoms with Crippen molar-refractivity contribution in [1.82, 2.24) is 5.32 Å². The van der Waals surface area contributed by atoms with Gasteiger partial charge >= 0.3 is 6.18 Å². The third-order valence-electron chi connectivity index (χ3n) is 4.26. The Kier molecular flexibility index (Phi) is 7.15. The largest absolute Gasteiger partial charge is 0.392 e. The maximum Gasteiger partial charge on any atom is 0.392 e. The number of nitrogens with one attached hydrogen (secondary N) is 1. The summed E-state index contributed by atoms with van der Waals surface area (Å²) >= 11 is 0. The first-order valence-electron chi connectivity index (χ1n) is 8.68. The summed E-state index contributed by atoms with van der Waals surface area (Å²) in [5.41, 5.74) is -0.212. The van der Waals surface area contributed by atoms with E-state index >= 15 is 0 Å². The van der Waals surface area contributed by atoms with E-state index in [4.69, 9.17) is 0 Å². The van der Waals surface area contributed by atoms with E-state index in [0.717, 1.165) is 25.7 Å². The average Bonchev–Trinajstić information content (AvgIpc) is 2.36. The molecule has 134 valence electrons. The summed E-state index contributed by atoms with van der Waals surface area (Å²) in [5.74, 6) is 0.585. The Morgan fingerprint density at radius 3 is 2.39 bits per heavy atom. The molecule has 2 nitrogen and oxygen atoms in total. The van der Waals surface area contributed by atoms with E-state index in [1.54, 1.807) is 13.0 Å². The molecule has 5 heteroatoms. The maximum absolute atomic E-state index is 12.2. The van der Waals surface area contributed by atoms with E-state index in [9.17, 15) is 18.0 Å². The normalized spacial score (nSPS) is 30.5. The van der Waals surface area contributed by atoms with Crippen LogP contribution in [0, 0.1) is 11.8 Å². The fourth-order valence-corrected chi connectivity index (χ4v) is 3.40. The topological polar surface area (TPSA) is 29.1 Å². The third-order valence-corrected chi connectivity index (χ3v) is 4.26. The molecule has 0 bridgehead atoms. The molecule has 0 saturated heterocycles. The van der Waals surface area contributed by atoms with Gasteiger partial charge in [0, 0.05) is 5.92 Å². The van der Waals surface area contributed by atoms with Gasteiger partial charge in [0.25, 0.3) is 0 Å². The highest BCUT2D eigenvalue weighted by Crippen LogP contribution is 2.38. The number of hydrogen-bond acceptors (Lipinski definition) is 1. The summed E-state index contributed by atoms with van der Waals surface area (Å²) < 4.78 is 36.7. The van der Waals surface area contributed by atoms with Gasteiger partial charge in [-0.1, -0.05) is 51.7 Å². The van der Waals surface area contributed by atoms with Crippen LogP contribution in [-0.4, -0.2) is 17.6 Å². The molecule has 0 radical (unpaired) electrons. The Morgan fingerprint density at radius 1 is 1.35 bits per heavy atom. The molecular weight excluding hydrogens is 303 g/mol. The minimum absolute atomic E-state index is 0.00126. The van der Waals surface area contributed by atoms with E-state index in [0.29, 0.717) is 17.9 Å². The van der Waals surface area contributed by atoms with Crippen LogP contribution < -0.4 is 5.32 Å². The zero-order valence-corrected chi connectivity index (χ0v) is 14.7. The zero-order valence-electron chi connectivity index (χ0n) is 14.7. The van der Waals surface area contributed by atoms with Crippen molar-refractivity contribution in [2.24, 2.45) is 11.8 Å². The van der Waals surface area contributed by atoms with Crippen molar-refractivity contribution >= 4 is 5.91 Å². The molecule has 1 amide bonds. The Morgan fingerprint density at radius 2 is 1.91 bits per heavy atom. The maximum atomic E-state index is 12.2. The summed E-state index contributed by atoms with van der Waals surface area (Å²) in [7, 11) is 0. The second-order valence-corrected chi connectivity index (χ2v) is 7.35. The first kappa shape index (κ1) is 20.0. The molecule has 1 N–H and O–H groups in total. The Hall–Kier alpha value is -1.00. The van der Waals surface area contributed by atoms with Gasteiger partial charge in [-0.05, 0) is 32.1 Å². The quantitative estimate of drug-likeness (QED) is 0.690. The average molecular weight is 333 g/mol. The number of halogens is 3. The molecule has 23 heavy (non-hydrogen) atoms. The lowest BCUT2D eigenvalue weighted by atomic mass is 9.77. The van der Waals surface area contributed by atoms with E-state index in [2.05, 4.69) is 26.1 Å². The van der Waals surface area contributed by atoms with Gasteiger partial charge in [0.15, 0.2) is 0 Å². The van der Waals surface area contributed by atoms with Gasteiger partial charge in [0.05, 0.1) is 12.0 Å². The molecule has 0 aromatic rings. The monoisotopic (exact) mass is 333 g/mol. The van der Waals surface area contributed by atoms with Gasteiger partial charge < -0.3 is 5.32 Å². The molecule has 0 spiro atoms. The molecule has 2 rings (SSSR count). The number of rotatable bonds is 3. The van der Waals surface area contributed by atoms with Gasteiger partial charge in [0.1, 0.15) is 0 Å². The second-order valence-electron chi connectivity index (χ2n) is 7.35. The predicted octanol–water partition coefficient (Wildman–Crippen LogP) is 5.39. The van der Waals surface area contributed by atoms with Crippen molar-refractivity contribution in [3.63, 3.8) is 0 Å². The van der Waals surface area contributed by atoms with E-state index in [-0.39, 0.29) is 11.8 Å². The van der Waals surface area contributed by atoms with Crippen LogP contribution in [0.4, 0.5) is 13.2 Å². The van der Waals surface area contributed by atoms with Gasteiger partial charge in [-0.15, -0.1) is 0 Å². The highest BCUT2D eigenvalue weighted by atomic mass is 19.4. The lowest BCUT2D eigenvalue weighted by Crippen LogP contribution is -2.52. The molecule has 0 heterocycles. The van der Waals surface area contributed by atoms with Crippen molar-refractivity contribution < 1.29 is 18.0 Å². The van der Waals surface area contributed by atoms with Crippen molar-refractivity contribution in [3.8, 4) is 0 Å². The molecule has 0 aromatic heterocycles. The first-order chi connectivity index (χ1) is 10.6. The van der Waals surface area contributed by atoms with Crippen molar-refractivity contribution in [2.45, 2.75) is 84.4 Å². The van der Waals surface area contributed by atoms with Crippen LogP contribution in [0.1, 0.15) is 72.6 Å². The molecule has 0 aromatic carbocycles. The van der Waals surface area contributed by atoms with Crippen LogP contribution in [0.3, 0.4) is 0 Å². The van der Waals surface area contributed by atoms with Crippen LogP contribution in [-0.2, 0) is 4.79 Å². The van der Waals surface area contributed by atoms with Crippen molar-refractivity contribution in [2.75, 3.05) is 0 Å². The van der Waals surface area contributed by atoms with Gasteiger partial charge in [-0.3, -0.25) is 4.79 Å². The lowest BCUT2D eigenvalue weighted by Gasteiger charge is -2.39. The van der Waals surface area contributed by atoms with Crippen LogP contribution in [0.25, 0.3) is 0 Å². The van der Waals surface area contributed by atoms with E-state index < -0.39 is 18.1 Å². The predicted molar refractivity (Wildman–Crippen MR) is 87.0 cm³/mol. The number of amides is 1. The Balaban J connectivity index is 0.000000816. The fourth-order valence-electron chi connectivity index (χ4n) is 3.40. The van der Waals surface area contributed by atoms with Gasteiger partial charge in [0.2, 0.25) is 5.91 Å². The minimum Gasteiger partial charge on any atom is -0.347 e. The molecule has 2 aliphatic carbocycles. The lowest BCUT2D eigenvalue weighted by molar-refractivity contribution is -0.129. The summed E-state index contributed by atoms with van der Waals surface area (Å²) in [6.45, 7) is 8.18. The Labute approximate surface area is 137 Å². The van der Waals surface area contributed by atoms with Crippen molar-refractivity contribution in [3.05, 3.63) is 11.6 Å². The first-order valence-corrected chi connectivity index (χ1v) is 8.68. The molecule has 0 aliphatic heterocycles. The highest BCUT2D eigenvalue weighted by molar-refractivity contribution is 5.80. The summed E-state index contributed by atoms with van der Waals surface area (Å²) in [5, 5.41) is 2.92. The minimum atomic E-state index is -4.16. The molecular formula is C18H30F3NO. The van der Waals surface area contributed by atoms with Crippen LogP contribution in [0.15, 0.2) is 11.6 Å². The number of hydrogen-bond donors (Lipinski definition) is 1. The summed E-state index contributed by atoms with van der Waals surface area (Å²) in [6, 6.07) is 0. The summed E-state index contributed by atoms with van der Waals surface area (Å²) in [6.07, 6.45) is 2.11. The highest BCUT2D eigenvalue weighted by Gasteiger charge is 2.40. The summed E-state index contributed by atoms with van der Waals surface area (Å²) in [4.78, 5) is 12.2. The third kappa shape index (κ3) is 6.96. The molecule has 3 atom stereocenters. The van der Waals surface area contributed by atoms with E-state index in [1.807, 2.05) is 0 Å². The SMILES string of the molecule is CC1CCCC(C(=O)NC2(C)C=C(CC(F)(F)F)C2)C1.CCC. The standard InChI is InChI=1S/C15H22F3NO.C3H8/c1-10-4-3-5-12(6-10)13(20)19-14(2)7-11(8-14)9-15(16,17)18;1-3-2/h7,10,12H,3-6,8-9H2,1-2H3,(H,19,20);3H2,1-2H3. The zero-order chi connectivity index (χ0) is 17.7. The molecule has 1 fully saturated rings.